The Morgan fingerprint density at radius 3 is 2.90 bits per heavy atom. The minimum absolute atomic E-state index is 0.201. The number of fused-ring (bicyclic) bond motifs is 1. The van der Waals surface area contributed by atoms with E-state index in [1.807, 2.05) is 6.07 Å². The fourth-order valence-corrected chi connectivity index (χ4v) is 3.57. The van der Waals surface area contributed by atoms with Crippen LogP contribution in [0.5, 0.6) is 0 Å². The first-order chi connectivity index (χ1) is 9.54. The lowest BCUT2D eigenvalue weighted by molar-refractivity contribution is 0.0212. The van der Waals surface area contributed by atoms with Crippen LogP contribution in [0, 0.1) is 0 Å². The van der Waals surface area contributed by atoms with Crippen molar-refractivity contribution in [3.8, 4) is 0 Å². The third kappa shape index (κ3) is 2.82. The molecule has 0 bridgehead atoms. The van der Waals surface area contributed by atoms with Gasteiger partial charge in [0.25, 0.3) is 0 Å². The lowest BCUT2D eigenvalue weighted by Gasteiger charge is -2.28. The highest BCUT2D eigenvalue weighted by molar-refractivity contribution is 7.89. The Kier molecular flexibility index (Phi) is 3.70. The van der Waals surface area contributed by atoms with Crippen molar-refractivity contribution in [3.05, 3.63) is 23.8 Å². The lowest BCUT2D eigenvalue weighted by atomic mass is 10.1. The van der Waals surface area contributed by atoms with Gasteiger partial charge in [-0.15, -0.1) is 0 Å². The van der Waals surface area contributed by atoms with E-state index >= 15 is 0 Å². The maximum atomic E-state index is 11.4. The van der Waals surface area contributed by atoms with Crippen LogP contribution in [0.3, 0.4) is 0 Å². The number of ether oxygens (including phenoxy) is 1. The topological polar surface area (TPSA) is 72.6 Å². The summed E-state index contributed by atoms with van der Waals surface area (Å²) < 4.78 is 28.5. The summed E-state index contributed by atoms with van der Waals surface area (Å²) in [4.78, 5) is 2.49. The highest BCUT2D eigenvalue weighted by Gasteiger charge is 2.24. The second kappa shape index (κ2) is 5.35. The molecule has 0 saturated carbocycles. The third-order valence-electron chi connectivity index (χ3n) is 4.07. The molecule has 1 atom stereocenters. The van der Waals surface area contributed by atoms with Gasteiger partial charge in [0.05, 0.1) is 11.0 Å². The smallest absolute Gasteiger partial charge is 0.238 e. The monoisotopic (exact) mass is 296 g/mol. The van der Waals surface area contributed by atoms with Crippen LogP contribution < -0.4 is 10.0 Å². The molecule has 2 heterocycles. The zero-order valence-corrected chi connectivity index (χ0v) is 12.2. The maximum absolute atomic E-state index is 11.4. The highest BCUT2D eigenvalue weighted by Crippen LogP contribution is 2.30. The average Bonchev–Trinajstić information content (AvgIpc) is 2.81. The molecule has 1 saturated heterocycles. The number of benzene rings is 1. The number of hydrogen-bond donors (Lipinski definition) is 1. The molecular weight excluding hydrogens is 276 g/mol. The zero-order valence-electron chi connectivity index (χ0n) is 11.4. The van der Waals surface area contributed by atoms with Gasteiger partial charge in [-0.3, -0.25) is 0 Å². The van der Waals surface area contributed by atoms with Gasteiger partial charge in [-0.25, -0.2) is 13.6 Å². The molecule has 0 radical (unpaired) electrons. The van der Waals surface area contributed by atoms with Gasteiger partial charge in [0.1, 0.15) is 0 Å². The van der Waals surface area contributed by atoms with Gasteiger partial charge in [-0.05, 0) is 49.4 Å². The van der Waals surface area contributed by atoms with Gasteiger partial charge < -0.3 is 9.64 Å². The van der Waals surface area contributed by atoms with Crippen molar-refractivity contribution in [1.82, 2.24) is 0 Å². The molecule has 0 aromatic heterocycles. The van der Waals surface area contributed by atoms with E-state index in [1.54, 1.807) is 12.1 Å². The first-order valence-electron chi connectivity index (χ1n) is 7.06. The van der Waals surface area contributed by atoms with E-state index in [9.17, 15) is 8.42 Å². The molecular formula is C14H20N2O3S. The van der Waals surface area contributed by atoms with E-state index in [2.05, 4.69) is 4.90 Å². The molecule has 1 aromatic carbocycles. The van der Waals surface area contributed by atoms with Crippen LogP contribution in [-0.2, 0) is 21.2 Å². The third-order valence-corrected chi connectivity index (χ3v) is 4.98. The molecule has 110 valence electrons. The van der Waals surface area contributed by atoms with Gasteiger partial charge >= 0.3 is 0 Å². The van der Waals surface area contributed by atoms with Crippen LogP contribution in [0.2, 0.25) is 0 Å². The molecule has 6 heteroatoms. The number of rotatable bonds is 3. The zero-order chi connectivity index (χ0) is 14.2. The summed E-state index contributed by atoms with van der Waals surface area (Å²) in [6.07, 6.45) is 4.67. The summed E-state index contributed by atoms with van der Waals surface area (Å²) >= 11 is 0. The molecule has 1 aromatic rings. The van der Waals surface area contributed by atoms with Crippen molar-refractivity contribution in [2.24, 2.45) is 5.14 Å². The van der Waals surface area contributed by atoms with Crippen molar-refractivity contribution in [2.45, 2.75) is 36.7 Å². The van der Waals surface area contributed by atoms with Crippen molar-refractivity contribution in [1.29, 1.82) is 0 Å². The van der Waals surface area contributed by atoms with Gasteiger partial charge in [-0.1, -0.05) is 0 Å². The van der Waals surface area contributed by atoms with Gasteiger partial charge in [-0.2, -0.15) is 0 Å². The summed E-state index contributed by atoms with van der Waals surface area (Å²) in [6.45, 7) is 2.67. The number of sulfonamides is 1. The lowest BCUT2D eigenvalue weighted by Crippen LogP contribution is -2.34. The predicted molar refractivity (Wildman–Crippen MR) is 77.3 cm³/mol. The Morgan fingerprint density at radius 1 is 1.35 bits per heavy atom. The molecule has 1 fully saturated rings. The number of nitrogens with zero attached hydrogens (tertiary/aromatic N) is 1. The Hall–Kier alpha value is -1.11. The first kappa shape index (κ1) is 13.9. The number of nitrogens with two attached hydrogens (primary N) is 1. The molecule has 2 aliphatic heterocycles. The van der Waals surface area contributed by atoms with Gasteiger partial charge in [0, 0.05) is 25.4 Å². The number of hydrogen-bond acceptors (Lipinski definition) is 4. The van der Waals surface area contributed by atoms with Crippen LogP contribution in [-0.4, -0.2) is 34.2 Å². The minimum atomic E-state index is -3.61. The molecule has 0 spiro atoms. The molecule has 3 rings (SSSR count). The van der Waals surface area contributed by atoms with Crippen molar-refractivity contribution < 1.29 is 13.2 Å². The fourth-order valence-electron chi connectivity index (χ4n) is 3.01. The molecule has 0 amide bonds. The quantitative estimate of drug-likeness (QED) is 0.911. The first-order valence-corrected chi connectivity index (χ1v) is 8.61. The van der Waals surface area contributed by atoms with Crippen molar-refractivity contribution in [3.63, 3.8) is 0 Å². The summed E-state index contributed by atoms with van der Waals surface area (Å²) in [5.74, 6) is 0. The molecule has 2 N–H and O–H groups in total. The van der Waals surface area contributed by atoms with Crippen LogP contribution in [0.1, 0.15) is 24.8 Å². The minimum Gasteiger partial charge on any atom is -0.376 e. The summed E-state index contributed by atoms with van der Waals surface area (Å²) in [6, 6.07) is 5.16. The Bertz CT molecular complexity index is 594. The normalized spacial score (nSPS) is 22.9. The number of primary sulfonamides is 1. The van der Waals surface area contributed by atoms with E-state index in [-0.39, 0.29) is 4.90 Å². The fraction of sp³-hybridized carbons (Fsp3) is 0.571. The molecule has 5 nitrogen and oxygen atoms in total. The Morgan fingerprint density at radius 2 is 2.20 bits per heavy atom. The Labute approximate surface area is 119 Å². The SMILES string of the molecule is NS(=O)(=O)c1ccc2c(c1)CCN2CC1CCCCO1. The maximum Gasteiger partial charge on any atom is 0.238 e. The van der Waals surface area contributed by atoms with E-state index in [0.717, 1.165) is 50.2 Å². The van der Waals surface area contributed by atoms with Crippen molar-refractivity contribution >= 4 is 15.7 Å². The molecule has 0 aliphatic carbocycles. The molecule has 2 aliphatic rings. The second-order valence-corrected chi connectivity index (χ2v) is 7.08. The molecule has 20 heavy (non-hydrogen) atoms. The summed E-state index contributed by atoms with van der Waals surface area (Å²) in [5.41, 5.74) is 2.18. The average molecular weight is 296 g/mol. The predicted octanol–water partition coefficient (Wildman–Crippen LogP) is 1.27. The van der Waals surface area contributed by atoms with Crippen molar-refractivity contribution in [2.75, 3.05) is 24.6 Å². The standard InChI is InChI=1S/C14H20N2O3S/c15-20(17,18)13-4-5-14-11(9-13)6-7-16(14)10-12-3-1-2-8-19-12/h4-5,9,12H,1-3,6-8,10H2,(H2,15,17,18). The van der Waals surface area contributed by atoms with E-state index < -0.39 is 10.0 Å². The Balaban J connectivity index is 1.77. The highest BCUT2D eigenvalue weighted by atomic mass is 32.2. The van der Waals surface area contributed by atoms with E-state index in [4.69, 9.17) is 9.88 Å². The van der Waals surface area contributed by atoms with Gasteiger partial charge in [0.15, 0.2) is 0 Å². The summed E-state index contributed by atoms with van der Waals surface area (Å²) in [5, 5.41) is 5.17. The second-order valence-electron chi connectivity index (χ2n) is 5.52. The van der Waals surface area contributed by atoms with E-state index in [1.165, 1.54) is 6.42 Å². The van der Waals surface area contributed by atoms with Crippen LogP contribution >= 0.6 is 0 Å². The van der Waals surface area contributed by atoms with Crippen LogP contribution in [0.25, 0.3) is 0 Å². The number of anilines is 1. The van der Waals surface area contributed by atoms with Crippen LogP contribution in [0.4, 0.5) is 5.69 Å². The van der Waals surface area contributed by atoms with E-state index in [0.29, 0.717) is 6.10 Å². The molecule has 1 unspecified atom stereocenters. The largest absolute Gasteiger partial charge is 0.376 e. The van der Waals surface area contributed by atoms with Gasteiger partial charge in [0.2, 0.25) is 10.0 Å². The van der Waals surface area contributed by atoms with Crippen LogP contribution in [0.15, 0.2) is 23.1 Å². The summed E-state index contributed by atoms with van der Waals surface area (Å²) in [7, 11) is -3.61.